The molecule has 0 radical (unpaired) electrons. The van der Waals surface area contributed by atoms with Gasteiger partial charge in [0.2, 0.25) is 0 Å². The van der Waals surface area contributed by atoms with Crippen LogP contribution in [-0.2, 0) is 17.3 Å². The third-order valence-electron chi connectivity index (χ3n) is 4.10. The fourth-order valence-electron chi connectivity index (χ4n) is 3.10. The summed E-state index contributed by atoms with van der Waals surface area (Å²) in [4.78, 5) is 0. The van der Waals surface area contributed by atoms with Crippen molar-refractivity contribution in [2.75, 3.05) is 7.11 Å². The average Bonchev–Trinajstić information content (AvgIpc) is 2.89. The highest BCUT2D eigenvalue weighted by Crippen LogP contribution is 2.45. The van der Waals surface area contributed by atoms with Gasteiger partial charge in [-0.25, -0.2) is 0 Å². The van der Waals surface area contributed by atoms with Gasteiger partial charge < -0.3 is 9.84 Å². The van der Waals surface area contributed by atoms with Gasteiger partial charge in [-0.1, -0.05) is 18.2 Å². The molecule has 1 atom stereocenters. The molecule has 1 aliphatic rings. The van der Waals surface area contributed by atoms with Gasteiger partial charge in [-0.3, -0.25) is 0 Å². The minimum absolute atomic E-state index is 0.0275. The van der Waals surface area contributed by atoms with Crippen molar-refractivity contribution in [3.05, 3.63) is 53.1 Å². The molecule has 3 rings (SSSR count). The Labute approximate surface area is 126 Å². The molecule has 0 amide bonds. The van der Waals surface area contributed by atoms with Gasteiger partial charge in [0.05, 0.1) is 11.7 Å². The van der Waals surface area contributed by atoms with Crippen molar-refractivity contribution in [1.82, 2.24) is 0 Å². The van der Waals surface area contributed by atoms with E-state index in [9.17, 15) is 18.3 Å². The second-order valence-corrected chi connectivity index (χ2v) is 5.36. The highest BCUT2D eigenvalue weighted by atomic mass is 19.4. The van der Waals surface area contributed by atoms with E-state index in [1.54, 1.807) is 7.11 Å². The number of hydrogen-bond acceptors (Lipinski definition) is 2. The fraction of sp³-hybridized carbons (Fsp3) is 0.294. The first-order valence-corrected chi connectivity index (χ1v) is 6.97. The summed E-state index contributed by atoms with van der Waals surface area (Å²) in [6.45, 7) is 0. The van der Waals surface area contributed by atoms with Gasteiger partial charge in [0.25, 0.3) is 0 Å². The molecule has 0 saturated carbocycles. The zero-order chi connectivity index (χ0) is 15.9. The number of methoxy groups -OCH3 is 1. The minimum atomic E-state index is -4.42. The number of phenolic OH excluding ortho intramolecular Hbond substituents is 1. The van der Waals surface area contributed by atoms with Crippen molar-refractivity contribution >= 4 is 0 Å². The number of rotatable bonds is 2. The summed E-state index contributed by atoms with van der Waals surface area (Å²) in [7, 11) is 1.57. The Morgan fingerprint density at radius 1 is 1.09 bits per heavy atom. The van der Waals surface area contributed by atoms with Gasteiger partial charge >= 0.3 is 6.18 Å². The molecule has 0 spiro atoms. The molecule has 0 aliphatic heterocycles. The minimum Gasteiger partial charge on any atom is -0.508 e. The molecule has 0 heterocycles. The quantitative estimate of drug-likeness (QED) is 0.870. The van der Waals surface area contributed by atoms with Crippen molar-refractivity contribution in [2.24, 2.45) is 0 Å². The largest absolute Gasteiger partial charge is 0.508 e. The van der Waals surface area contributed by atoms with E-state index in [1.165, 1.54) is 30.3 Å². The number of ether oxygens (including phenoxy) is 1. The van der Waals surface area contributed by atoms with Crippen LogP contribution in [0.3, 0.4) is 0 Å². The van der Waals surface area contributed by atoms with Crippen LogP contribution >= 0.6 is 0 Å². The molecule has 0 fully saturated rings. The molecule has 22 heavy (non-hydrogen) atoms. The summed E-state index contributed by atoms with van der Waals surface area (Å²) in [6.07, 6.45) is -3.35. The van der Waals surface area contributed by atoms with Crippen LogP contribution in [-0.4, -0.2) is 12.2 Å². The van der Waals surface area contributed by atoms with Crippen LogP contribution in [0.25, 0.3) is 11.1 Å². The number of benzene rings is 2. The van der Waals surface area contributed by atoms with E-state index < -0.39 is 11.7 Å². The van der Waals surface area contributed by atoms with E-state index in [4.69, 9.17) is 4.74 Å². The molecule has 116 valence electrons. The third kappa shape index (κ3) is 2.46. The van der Waals surface area contributed by atoms with E-state index in [0.29, 0.717) is 24.0 Å². The molecule has 2 aromatic carbocycles. The van der Waals surface area contributed by atoms with E-state index in [0.717, 1.165) is 11.6 Å². The monoisotopic (exact) mass is 308 g/mol. The molecular weight excluding hydrogens is 293 g/mol. The lowest BCUT2D eigenvalue weighted by Gasteiger charge is -2.18. The topological polar surface area (TPSA) is 29.5 Å². The van der Waals surface area contributed by atoms with Gasteiger partial charge in [0.1, 0.15) is 5.75 Å². The van der Waals surface area contributed by atoms with Crippen LogP contribution in [0.5, 0.6) is 5.75 Å². The average molecular weight is 308 g/mol. The Bertz CT molecular complexity index is 690. The molecule has 1 N–H and O–H groups in total. The predicted molar refractivity (Wildman–Crippen MR) is 76.6 cm³/mol. The van der Waals surface area contributed by atoms with Crippen LogP contribution in [0.15, 0.2) is 36.4 Å². The van der Waals surface area contributed by atoms with E-state index in [-0.39, 0.29) is 17.4 Å². The molecule has 1 aliphatic carbocycles. The Morgan fingerprint density at radius 2 is 1.77 bits per heavy atom. The first kappa shape index (κ1) is 14.9. The first-order chi connectivity index (χ1) is 10.4. The van der Waals surface area contributed by atoms with Gasteiger partial charge in [-0.15, -0.1) is 0 Å². The van der Waals surface area contributed by atoms with Crippen molar-refractivity contribution in [3.8, 4) is 16.9 Å². The standard InChI is InChI=1S/C17H15F3O2/c1-22-15-9-7-13-12(15)6-8-14(17(18,19)20)16(13)10-2-4-11(21)5-3-10/h2-6,8,15,21H,7,9H2,1H3/t15-/m1/s1. The predicted octanol–water partition coefficient (Wildman–Crippen LogP) is 4.71. The first-order valence-electron chi connectivity index (χ1n) is 6.97. The Hall–Kier alpha value is -2.01. The number of hydrogen-bond donors (Lipinski definition) is 1. The normalized spacial score (nSPS) is 17.5. The number of phenols is 1. The van der Waals surface area contributed by atoms with Crippen LogP contribution in [0, 0.1) is 0 Å². The number of fused-ring (bicyclic) bond motifs is 1. The Morgan fingerprint density at radius 3 is 2.36 bits per heavy atom. The third-order valence-corrected chi connectivity index (χ3v) is 4.10. The summed E-state index contributed by atoms with van der Waals surface area (Å²) in [5.74, 6) is 0.0275. The maximum atomic E-state index is 13.4. The highest BCUT2D eigenvalue weighted by Gasteiger charge is 2.37. The molecular formula is C17H15F3O2. The second-order valence-electron chi connectivity index (χ2n) is 5.36. The zero-order valence-corrected chi connectivity index (χ0v) is 11.9. The van der Waals surface area contributed by atoms with E-state index in [1.807, 2.05) is 0 Å². The number of halogens is 3. The second kappa shape index (κ2) is 5.32. The lowest BCUT2D eigenvalue weighted by Crippen LogP contribution is -2.09. The van der Waals surface area contributed by atoms with Crippen molar-refractivity contribution in [2.45, 2.75) is 25.1 Å². The summed E-state index contributed by atoms with van der Waals surface area (Å²) >= 11 is 0. The summed E-state index contributed by atoms with van der Waals surface area (Å²) in [5, 5.41) is 9.36. The molecule has 2 nitrogen and oxygen atoms in total. The van der Waals surface area contributed by atoms with Gasteiger partial charge in [0, 0.05) is 7.11 Å². The fourth-order valence-corrected chi connectivity index (χ4v) is 3.10. The van der Waals surface area contributed by atoms with Crippen LogP contribution in [0.1, 0.15) is 29.2 Å². The molecule has 0 bridgehead atoms. The lowest BCUT2D eigenvalue weighted by atomic mass is 9.91. The van der Waals surface area contributed by atoms with E-state index >= 15 is 0 Å². The van der Waals surface area contributed by atoms with Gasteiger partial charge in [-0.05, 0) is 53.3 Å². The Kier molecular flexibility index (Phi) is 3.60. The molecule has 2 aromatic rings. The maximum absolute atomic E-state index is 13.4. The highest BCUT2D eigenvalue weighted by molar-refractivity contribution is 5.74. The smallest absolute Gasteiger partial charge is 0.417 e. The Balaban J connectivity index is 2.25. The van der Waals surface area contributed by atoms with Crippen LogP contribution in [0.4, 0.5) is 13.2 Å². The SMILES string of the molecule is CO[C@@H]1CCc2c1ccc(C(F)(F)F)c2-c1ccc(O)cc1. The van der Waals surface area contributed by atoms with E-state index in [2.05, 4.69) is 0 Å². The summed E-state index contributed by atoms with van der Waals surface area (Å²) in [6, 6.07) is 8.47. The van der Waals surface area contributed by atoms with Gasteiger partial charge in [0.15, 0.2) is 0 Å². The van der Waals surface area contributed by atoms with Crippen LogP contribution < -0.4 is 0 Å². The number of aromatic hydroxyl groups is 1. The maximum Gasteiger partial charge on any atom is 0.417 e. The molecule has 0 saturated heterocycles. The molecule has 5 heteroatoms. The zero-order valence-electron chi connectivity index (χ0n) is 11.9. The summed E-state index contributed by atoms with van der Waals surface area (Å²) < 4.78 is 45.5. The molecule has 0 unspecified atom stereocenters. The molecule has 0 aromatic heterocycles. The van der Waals surface area contributed by atoms with Crippen LogP contribution in [0.2, 0.25) is 0 Å². The number of alkyl halides is 3. The van der Waals surface area contributed by atoms with Crippen molar-refractivity contribution in [1.29, 1.82) is 0 Å². The van der Waals surface area contributed by atoms with Crippen molar-refractivity contribution in [3.63, 3.8) is 0 Å². The van der Waals surface area contributed by atoms with Gasteiger partial charge in [-0.2, -0.15) is 13.2 Å². The summed E-state index contributed by atoms with van der Waals surface area (Å²) in [5.41, 5.74) is 1.52. The lowest BCUT2D eigenvalue weighted by molar-refractivity contribution is -0.137. The van der Waals surface area contributed by atoms with Crippen molar-refractivity contribution < 1.29 is 23.0 Å².